The number of esters is 1. The molecule has 2 aromatic rings. The topological polar surface area (TPSA) is 130 Å². The number of piperazine rings is 1. The van der Waals surface area contributed by atoms with Crippen molar-refractivity contribution in [3.63, 3.8) is 0 Å². The molecule has 10 heteroatoms. The Morgan fingerprint density at radius 2 is 1.97 bits per heavy atom. The standard InChI is InChI=1S/C22H26N4O6/c1-2-10-32-20(28)13-17-21(29)23-8-9-26(17)14-19(27)24-15-5-3-6-16(12-15)25-22(30)18-7-4-11-31-18/h3-7,11-12,17H,2,8-10,13-14H2,1H3,(H,23,29)(H,24,27)(H,25,30). The summed E-state index contributed by atoms with van der Waals surface area (Å²) in [5, 5.41) is 8.16. The molecule has 0 saturated carbocycles. The number of carbonyl (C=O) groups excluding carboxylic acids is 4. The van der Waals surface area contributed by atoms with Crippen molar-refractivity contribution < 1.29 is 28.3 Å². The summed E-state index contributed by atoms with van der Waals surface area (Å²) in [7, 11) is 0. The Balaban J connectivity index is 1.58. The number of nitrogens with zero attached hydrogens (tertiary/aromatic N) is 1. The Kier molecular flexibility index (Phi) is 7.98. The van der Waals surface area contributed by atoms with Crippen LogP contribution in [-0.4, -0.2) is 60.9 Å². The summed E-state index contributed by atoms with van der Waals surface area (Å²) in [4.78, 5) is 50.6. The molecule has 0 radical (unpaired) electrons. The quantitative estimate of drug-likeness (QED) is 0.503. The second kappa shape index (κ2) is 11.1. The summed E-state index contributed by atoms with van der Waals surface area (Å²) < 4.78 is 10.1. The number of anilines is 2. The second-order valence-corrected chi connectivity index (χ2v) is 7.26. The van der Waals surface area contributed by atoms with Gasteiger partial charge in [0.05, 0.1) is 25.8 Å². The molecule has 1 aliphatic rings. The fraction of sp³-hybridized carbons (Fsp3) is 0.364. The summed E-state index contributed by atoms with van der Waals surface area (Å²) in [6, 6.07) is 9.06. The molecular formula is C22H26N4O6. The van der Waals surface area contributed by atoms with Crippen molar-refractivity contribution in [2.45, 2.75) is 25.8 Å². The molecule has 1 aromatic heterocycles. The Bertz CT molecular complexity index is 959. The summed E-state index contributed by atoms with van der Waals surface area (Å²) in [6.07, 6.45) is 1.98. The predicted molar refractivity (Wildman–Crippen MR) is 116 cm³/mol. The van der Waals surface area contributed by atoms with Gasteiger partial charge in [0.1, 0.15) is 6.04 Å². The molecule has 0 bridgehead atoms. The highest BCUT2D eigenvalue weighted by Crippen LogP contribution is 2.17. The van der Waals surface area contributed by atoms with Crippen LogP contribution < -0.4 is 16.0 Å². The smallest absolute Gasteiger partial charge is 0.307 e. The van der Waals surface area contributed by atoms with E-state index in [9.17, 15) is 19.2 Å². The third-order valence-corrected chi connectivity index (χ3v) is 4.76. The number of hydrogen-bond donors (Lipinski definition) is 3. The van der Waals surface area contributed by atoms with Gasteiger partial charge < -0.3 is 25.1 Å². The highest BCUT2D eigenvalue weighted by Gasteiger charge is 2.33. The van der Waals surface area contributed by atoms with Gasteiger partial charge in [0.25, 0.3) is 5.91 Å². The lowest BCUT2D eigenvalue weighted by molar-refractivity contribution is -0.148. The van der Waals surface area contributed by atoms with Crippen molar-refractivity contribution in [1.29, 1.82) is 0 Å². The molecule has 2 heterocycles. The first-order valence-electron chi connectivity index (χ1n) is 10.4. The average molecular weight is 442 g/mol. The fourth-order valence-corrected chi connectivity index (χ4v) is 3.27. The molecule has 1 unspecified atom stereocenters. The third kappa shape index (κ3) is 6.42. The van der Waals surface area contributed by atoms with Crippen LogP contribution in [0.2, 0.25) is 0 Å². The van der Waals surface area contributed by atoms with Gasteiger partial charge in [0.15, 0.2) is 5.76 Å². The molecular weight excluding hydrogens is 416 g/mol. The number of benzene rings is 1. The van der Waals surface area contributed by atoms with Crippen LogP contribution in [0.1, 0.15) is 30.3 Å². The molecule has 0 aliphatic carbocycles. The molecule has 0 spiro atoms. The molecule has 170 valence electrons. The molecule has 3 N–H and O–H groups in total. The Labute approximate surface area is 185 Å². The summed E-state index contributed by atoms with van der Waals surface area (Å²) in [5.74, 6) is -1.36. The zero-order valence-electron chi connectivity index (χ0n) is 17.8. The van der Waals surface area contributed by atoms with Crippen molar-refractivity contribution in [3.8, 4) is 0 Å². The lowest BCUT2D eigenvalue weighted by Crippen LogP contribution is -2.57. The summed E-state index contributed by atoms with van der Waals surface area (Å²) >= 11 is 0. The highest BCUT2D eigenvalue weighted by molar-refractivity contribution is 6.02. The van der Waals surface area contributed by atoms with Gasteiger partial charge in [-0.1, -0.05) is 13.0 Å². The number of amides is 3. The van der Waals surface area contributed by atoms with Crippen LogP contribution in [0.3, 0.4) is 0 Å². The van der Waals surface area contributed by atoms with Crippen molar-refractivity contribution >= 4 is 35.1 Å². The first-order valence-corrected chi connectivity index (χ1v) is 10.4. The molecule has 3 rings (SSSR count). The third-order valence-electron chi connectivity index (χ3n) is 4.76. The summed E-state index contributed by atoms with van der Waals surface area (Å²) in [6.45, 7) is 2.93. The van der Waals surface area contributed by atoms with Crippen LogP contribution in [0.25, 0.3) is 0 Å². The van der Waals surface area contributed by atoms with E-state index in [1.807, 2.05) is 6.92 Å². The molecule has 1 fully saturated rings. The van der Waals surface area contributed by atoms with Gasteiger partial charge >= 0.3 is 5.97 Å². The number of furan rings is 1. The first kappa shape index (κ1) is 23.0. The summed E-state index contributed by atoms with van der Waals surface area (Å²) in [5.41, 5.74) is 0.964. The van der Waals surface area contributed by atoms with E-state index in [4.69, 9.17) is 9.15 Å². The minimum atomic E-state index is -0.766. The number of ether oxygens (including phenoxy) is 1. The predicted octanol–water partition coefficient (Wildman–Crippen LogP) is 1.61. The largest absolute Gasteiger partial charge is 0.466 e. The van der Waals surface area contributed by atoms with E-state index < -0.39 is 17.9 Å². The Morgan fingerprint density at radius 1 is 1.19 bits per heavy atom. The van der Waals surface area contributed by atoms with E-state index in [-0.39, 0.29) is 30.5 Å². The van der Waals surface area contributed by atoms with Crippen LogP contribution >= 0.6 is 0 Å². The lowest BCUT2D eigenvalue weighted by Gasteiger charge is -2.33. The number of nitrogens with one attached hydrogen (secondary N) is 3. The van der Waals surface area contributed by atoms with Gasteiger partial charge in [-0.05, 0) is 36.8 Å². The molecule has 1 aliphatic heterocycles. The lowest BCUT2D eigenvalue weighted by atomic mass is 10.1. The Morgan fingerprint density at radius 3 is 2.69 bits per heavy atom. The maximum Gasteiger partial charge on any atom is 0.307 e. The van der Waals surface area contributed by atoms with Crippen molar-refractivity contribution in [2.24, 2.45) is 0 Å². The highest BCUT2D eigenvalue weighted by atomic mass is 16.5. The Hall–Kier alpha value is -3.66. The minimum absolute atomic E-state index is 0.0673. The van der Waals surface area contributed by atoms with Crippen LogP contribution in [0, 0.1) is 0 Å². The number of carbonyl (C=O) groups is 4. The number of rotatable bonds is 9. The zero-order chi connectivity index (χ0) is 22.9. The van der Waals surface area contributed by atoms with Gasteiger partial charge in [-0.25, -0.2) is 0 Å². The van der Waals surface area contributed by atoms with Crippen molar-refractivity contribution in [2.75, 3.05) is 36.9 Å². The van der Waals surface area contributed by atoms with Gasteiger partial charge in [0.2, 0.25) is 11.8 Å². The maximum absolute atomic E-state index is 12.6. The van der Waals surface area contributed by atoms with Gasteiger partial charge in [-0.2, -0.15) is 0 Å². The van der Waals surface area contributed by atoms with E-state index in [0.29, 0.717) is 37.5 Å². The normalized spacial score (nSPS) is 16.2. The molecule has 1 saturated heterocycles. The van der Waals surface area contributed by atoms with Crippen molar-refractivity contribution in [3.05, 3.63) is 48.4 Å². The van der Waals surface area contributed by atoms with Crippen LogP contribution in [0.5, 0.6) is 0 Å². The van der Waals surface area contributed by atoms with E-state index in [0.717, 1.165) is 0 Å². The molecule has 1 aromatic carbocycles. The monoisotopic (exact) mass is 442 g/mol. The van der Waals surface area contributed by atoms with Crippen LogP contribution in [-0.2, 0) is 19.1 Å². The fourth-order valence-electron chi connectivity index (χ4n) is 3.27. The zero-order valence-corrected chi connectivity index (χ0v) is 17.8. The van der Waals surface area contributed by atoms with Gasteiger partial charge in [-0.3, -0.25) is 24.1 Å². The average Bonchev–Trinajstić information content (AvgIpc) is 3.30. The second-order valence-electron chi connectivity index (χ2n) is 7.26. The van der Waals surface area contributed by atoms with E-state index in [1.165, 1.54) is 6.26 Å². The molecule has 3 amide bonds. The van der Waals surface area contributed by atoms with Crippen LogP contribution in [0.15, 0.2) is 47.1 Å². The van der Waals surface area contributed by atoms with E-state index in [2.05, 4.69) is 16.0 Å². The van der Waals surface area contributed by atoms with E-state index in [1.54, 1.807) is 41.3 Å². The molecule has 1 atom stereocenters. The molecule has 10 nitrogen and oxygen atoms in total. The minimum Gasteiger partial charge on any atom is -0.466 e. The van der Waals surface area contributed by atoms with Gasteiger partial charge in [0, 0.05) is 24.5 Å². The number of hydrogen-bond acceptors (Lipinski definition) is 7. The van der Waals surface area contributed by atoms with Crippen LogP contribution in [0.4, 0.5) is 11.4 Å². The molecule has 32 heavy (non-hydrogen) atoms. The van der Waals surface area contributed by atoms with Gasteiger partial charge in [-0.15, -0.1) is 0 Å². The SMILES string of the molecule is CCCOC(=O)CC1C(=O)NCCN1CC(=O)Nc1cccc(NC(=O)c2ccco2)c1. The maximum atomic E-state index is 12.6. The van der Waals surface area contributed by atoms with Crippen molar-refractivity contribution in [1.82, 2.24) is 10.2 Å². The van der Waals surface area contributed by atoms with E-state index >= 15 is 0 Å². The first-order chi connectivity index (χ1) is 15.5.